The standard InChI is InChI=1S/C11H22N2O/c1-3-8-13(11(12)14)10-7-5-4-6-9(10)2/h9-10H,3-8H2,1-2H3,(H2,12,14). The fourth-order valence-electron chi connectivity index (χ4n) is 2.44. The maximum atomic E-state index is 11.3. The number of amides is 2. The van der Waals surface area contributed by atoms with Crippen molar-refractivity contribution in [2.45, 2.75) is 52.0 Å². The van der Waals surface area contributed by atoms with Crippen molar-refractivity contribution < 1.29 is 4.79 Å². The van der Waals surface area contributed by atoms with Crippen LogP contribution in [0.4, 0.5) is 4.79 Å². The molecule has 3 nitrogen and oxygen atoms in total. The minimum Gasteiger partial charge on any atom is -0.351 e. The van der Waals surface area contributed by atoms with Gasteiger partial charge in [0.25, 0.3) is 0 Å². The number of nitrogens with two attached hydrogens (primary N) is 1. The number of rotatable bonds is 3. The maximum Gasteiger partial charge on any atom is 0.315 e. The summed E-state index contributed by atoms with van der Waals surface area (Å²) in [6.07, 6.45) is 5.90. The van der Waals surface area contributed by atoms with Crippen LogP contribution in [0.3, 0.4) is 0 Å². The van der Waals surface area contributed by atoms with Crippen molar-refractivity contribution in [3.63, 3.8) is 0 Å². The summed E-state index contributed by atoms with van der Waals surface area (Å²) >= 11 is 0. The molecule has 2 unspecified atom stereocenters. The summed E-state index contributed by atoms with van der Waals surface area (Å²) in [6.45, 7) is 5.13. The zero-order valence-corrected chi connectivity index (χ0v) is 9.33. The van der Waals surface area contributed by atoms with Gasteiger partial charge in [-0.1, -0.05) is 26.7 Å². The first kappa shape index (κ1) is 11.3. The molecule has 2 N–H and O–H groups in total. The van der Waals surface area contributed by atoms with Crippen molar-refractivity contribution >= 4 is 6.03 Å². The SMILES string of the molecule is CCCN(C(N)=O)C1CCCCC1C. The van der Waals surface area contributed by atoms with Crippen LogP contribution in [0.5, 0.6) is 0 Å². The van der Waals surface area contributed by atoms with Crippen LogP contribution in [-0.4, -0.2) is 23.5 Å². The monoisotopic (exact) mass is 198 g/mol. The van der Waals surface area contributed by atoms with Gasteiger partial charge in [-0.05, 0) is 25.2 Å². The Balaban J connectivity index is 2.60. The summed E-state index contributed by atoms with van der Waals surface area (Å²) < 4.78 is 0. The van der Waals surface area contributed by atoms with Gasteiger partial charge in [-0.15, -0.1) is 0 Å². The lowest BCUT2D eigenvalue weighted by molar-refractivity contribution is 0.132. The molecule has 0 radical (unpaired) electrons. The number of urea groups is 1. The summed E-state index contributed by atoms with van der Waals surface area (Å²) in [5.74, 6) is 0.614. The Kier molecular flexibility index (Phi) is 4.23. The first-order valence-electron chi connectivity index (χ1n) is 5.73. The van der Waals surface area contributed by atoms with Crippen molar-refractivity contribution in [2.24, 2.45) is 11.7 Å². The summed E-state index contributed by atoms with van der Waals surface area (Å²) in [5, 5.41) is 0. The van der Waals surface area contributed by atoms with E-state index < -0.39 is 0 Å². The van der Waals surface area contributed by atoms with Gasteiger partial charge in [-0.3, -0.25) is 0 Å². The highest BCUT2D eigenvalue weighted by Gasteiger charge is 2.28. The van der Waals surface area contributed by atoms with Crippen LogP contribution in [0, 0.1) is 5.92 Å². The topological polar surface area (TPSA) is 46.3 Å². The van der Waals surface area contributed by atoms with E-state index in [2.05, 4.69) is 13.8 Å². The molecule has 0 aliphatic heterocycles. The Bertz CT molecular complexity index is 194. The van der Waals surface area contributed by atoms with Gasteiger partial charge in [0.1, 0.15) is 0 Å². The average Bonchev–Trinajstić information content (AvgIpc) is 2.15. The zero-order chi connectivity index (χ0) is 10.6. The molecule has 1 aliphatic carbocycles. The number of nitrogens with zero attached hydrogens (tertiary/aromatic N) is 1. The highest BCUT2D eigenvalue weighted by molar-refractivity contribution is 5.72. The fourth-order valence-corrected chi connectivity index (χ4v) is 2.44. The maximum absolute atomic E-state index is 11.3. The first-order chi connectivity index (χ1) is 6.66. The van der Waals surface area contributed by atoms with Gasteiger partial charge in [0.05, 0.1) is 0 Å². The molecule has 0 aromatic rings. The molecule has 1 aliphatic rings. The Hall–Kier alpha value is -0.730. The third-order valence-electron chi connectivity index (χ3n) is 3.21. The molecule has 0 saturated heterocycles. The molecule has 3 heteroatoms. The van der Waals surface area contributed by atoms with Crippen LogP contribution >= 0.6 is 0 Å². The normalized spacial score (nSPS) is 27.3. The molecule has 2 amide bonds. The molecule has 14 heavy (non-hydrogen) atoms. The first-order valence-corrected chi connectivity index (χ1v) is 5.73. The van der Waals surface area contributed by atoms with Crippen LogP contribution in [0.15, 0.2) is 0 Å². The van der Waals surface area contributed by atoms with Crippen LogP contribution in [0.25, 0.3) is 0 Å². The molecule has 0 bridgehead atoms. The number of carbonyl (C=O) groups excluding carboxylic acids is 1. The minimum atomic E-state index is -0.245. The van der Waals surface area contributed by atoms with Crippen LogP contribution in [0.1, 0.15) is 46.0 Å². The fraction of sp³-hybridized carbons (Fsp3) is 0.909. The second-order valence-electron chi connectivity index (χ2n) is 4.36. The summed E-state index contributed by atoms with van der Waals surface area (Å²) in [7, 11) is 0. The lowest BCUT2D eigenvalue weighted by Gasteiger charge is -2.37. The minimum absolute atomic E-state index is 0.245. The van der Waals surface area contributed by atoms with Gasteiger partial charge in [-0.25, -0.2) is 4.79 Å². The molecule has 82 valence electrons. The van der Waals surface area contributed by atoms with Crippen molar-refractivity contribution in [3.05, 3.63) is 0 Å². The summed E-state index contributed by atoms with van der Waals surface area (Å²) in [5.41, 5.74) is 5.40. The number of carbonyl (C=O) groups is 1. The van der Waals surface area contributed by atoms with Gasteiger partial charge in [0, 0.05) is 12.6 Å². The van der Waals surface area contributed by atoms with Gasteiger partial charge in [0.15, 0.2) is 0 Å². The van der Waals surface area contributed by atoms with E-state index in [4.69, 9.17) is 5.73 Å². The Morgan fingerprint density at radius 1 is 1.43 bits per heavy atom. The summed E-state index contributed by atoms with van der Waals surface area (Å²) in [6, 6.07) is 0.145. The Morgan fingerprint density at radius 3 is 2.57 bits per heavy atom. The predicted molar refractivity (Wildman–Crippen MR) is 58.0 cm³/mol. The quantitative estimate of drug-likeness (QED) is 0.743. The zero-order valence-electron chi connectivity index (χ0n) is 9.33. The highest BCUT2D eigenvalue weighted by Crippen LogP contribution is 2.27. The van der Waals surface area contributed by atoms with Gasteiger partial charge in [-0.2, -0.15) is 0 Å². The molecular formula is C11H22N2O. The number of primary amides is 1. The van der Waals surface area contributed by atoms with E-state index in [9.17, 15) is 4.79 Å². The molecule has 1 rings (SSSR count). The summed E-state index contributed by atoms with van der Waals surface area (Å²) in [4.78, 5) is 13.1. The second kappa shape index (κ2) is 5.23. The van der Waals surface area contributed by atoms with Gasteiger partial charge >= 0.3 is 6.03 Å². The van der Waals surface area contributed by atoms with Crippen molar-refractivity contribution in [1.29, 1.82) is 0 Å². The van der Waals surface area contributed by atoms with Crippen LogP contribution in [-0.2, 0) is 0 Å². The van der Waals surface area contributed by atoms with Gasteiger partial charge < -0.3 is 10.6 Å². The van der Waals surface area contributed by atoms with E-state index in [1.54, 1.807) is 0 Å². The average molecular weight is 198 g/mol. The highest BCUT2D eigenvalue weighted by atomic mass is 16.2. The number of hydrogen-bond acceptors (Lipinski definition) is 1. The third-order valence-corrected chi connectivity index (χ3v) is 3.21. The Morgan fingerprint density at radius 2 is 2.07 bits per heavy atom. The third kappa shape index (κ3) is 2.63. The van der Waals surface area contributed by atoms with Crippen LogP contribution in [0.2, 0.25) is 0 Å². The van der Waals surface area contributed by atoms with E-state index in [0.29, 0.717) is 12.0 Å². The lowest BCUT2D eigenvalue weighted by Crippen LogP contribution is -2.48. The van der Waals surface area contributed by atoms with Crippen LogP contribution < -0.4 is 5.73 Å². The van der Waals surface area contributed by atoms with Gasteiger partial charge in [0.2, 0.25) is 0 Å². The Labute approximate surface area is 86.6 Å². The van der Waals surface area contributed by atoms with E-state index in [0.717, 1.165) is 19.4 Å². The molecule has 2 atom stereocenters. The van der Waals surface area contributed by atoms with Crippen molar-refractivity contribution in [2.75, 3.05) is 6.54 Å². The molecule has 0 spiro atoms. The van der Waals surface area contributed by atoms with E-state index in [-0.39, 0.29) is 6.03 Å². The predicted octanol–water partition coefficient (Wildman–Crippen LogP) is 2.36. The number of hydrogen-bond donors (Lipinski definition) is 1. The second-order valence-corrected chi connectivity index (χ2v) is 4.36. The molecule has 0 heterocycles. The molecule has 0 aromatic heterocycles. The van der Waals surface area contributed by atoms with Crippen molar-refractivity contribution in [3.8, 4) is 0 Å². The van der Waals surface area contributed by atoms with E-state index in [1.165, 1.54) is 19.3 Å². The van der Waals surface area contributed by atoms with E-state index >= 15 is 0 Å². The largest absolute Gasteiger partial charge is 0.351 e. The smallest absolute Gasteiger partial charge is 0.315 e. The molecule has 0 aromatic carbocycles. The lowest BCUT2D eigenvalue weighted by atomic mass is 9.85. The molecule has 1 fully saturated rings. The van der Waals surface area contributed by atoms with E-state index in [1.807, 2.05) is 4.90 Å². The molecular weight excluding hydrogens is 176 g/mol. The van der Waals surface area contributed by atoms with Crippen molar-refractivity contribution in [1.82, 2.24) is 4.90 Å². The molecule has 1 saturated carbocycles.